The van der Waals surface area contributed by atoms with Gasteiger partial charge in [-0.05, 0) is 57.6 Å². The second kappa shape index (κ2) is 18.7. The molecule has 3 N–H and O–H groups in total. The summed E-state index contributed by atoms with van der Waals surface area (Å²) in [6, 6.07) is 0.621. The van der Waals surface area contributed by atoms with E-state index in [0.29, 0.717) is 44.8 Å². The molecule has 9 unspecified atom stereocenters. The first-order chi connectivity index (χ1) is 24.1. The SMILES string of the molecule is CCC(O)C(C)C1OC1CC(C)(O)/C=C/C=C(\C)C1OC(=O)CC(O)CCC(C)(C)C(OC(=O)N2CCN(C3CCCCCC3)CC2)/C=C/C1C. The predicted octanol–water partition coefficient (Wildman–Crippen LogP) is 6.33. The number of epoxide rings is 1. The van der Waals surface area contributed by atoms with Crippen LogP contribution < -0.4 is 0 Å². The smallest absolute Gasteiger partial charge is 0.410 e. The number of hydrogen-bond donors (Lipinski definition) is 3. The lowest BCUT2D eigenvalue weighted by atomic mass is 9.80. The van der Waals surface area contributed by atoms with E-state index in [1.165, 1.54) is 38.5 Å². The minimum atomic E-state index is -1.13. The van der Waals surface area contributed by atoms with E-state index in [9.17, 15) is 24.9 Å². The van der Waals surface area contributed by atoms with Crippen LogP contribution in [0.4, 0.5) is 4.79 Å². The lowest BCUT2D eigenvalue weighted by Gasteiger charge is -2.40. The number of amides is 1. The predicted molar refractivity (Wildman–Crippen MR) is 199 cm³/mol. The van der Waals surface area contributed by atoms with Crippen molar-refractivity contribution < 1.29 is 39.1 Å². The monoisotopic (exact) mass is 716 g/mol. The lowest BCUT2D eigenvalue weighted by molar-refractivity contribution is -0.151. The molecule has 1 saturated carbocycles. The number of ether oxygens (including phenoxy) is 3. The molecule has 51 heavy (non-hydrogen) atoms. The fraction of sp³-hybridized carbons (Fsp3) is 0.805. The molecule has 3 heterocycles. The number of carbonyl (C=O) groups excluding carboxylic acids is 2. The number of aliphatic hydroxyl groups is 3. The first-order valence-electron chi connectivity index (χ1n) is 19.8. The first kappa shape index (κ1) is 41.5. The molecule has 1 aliphatic carbocycles. The Balaban J connectivity index is 1.42. The van der Waals surface area contributed by atoms with Gasteiger partial charge in [0.15, 0.2) is 0 Å². The molecule has 3 aliphatic heterocycles. The molecule has 9 atom stereocenters. The van der Waals surface area contributed by atoms with Crippen LogP contribution >= 0.6 is 0 Å². The highest BCUT2D eigenvalue weighted by Gasteiger charge is 2.47. The van der Waals surface area contributed by atoms with Gasteiger partial charge < -0.3 is 34.4 Å². The summed E-state index contributed by atoms with van der Waals surface area (Å²) in [5.74, 6) is -0.727. The maximum atomic E-state index is 13.6. The Morgan fingerprint density at radius 3 is 2.43 bits per heavy atom. The molecule has 4 rings (SSSR count). The van der Waals surface area contributed by atoms with E-state index in [1.807, 2.05) is 64.7 Å². The van der Waals surface area contributed by atoms with Crippen LogP contribution in [-0.2, 0) is 19.0 Å². The molecule has 1 amide bonds. The standard InChI is InChI=1S/C41H68N2O8/c1-8-33(45)30(4)38-34(49-38)27-41(7,48)20-13-14-28(2)37-29(3)17-18-35(40(5,6)21-19-32(44)26-36(46)51-37)50-39(47)43-24-22-42(23-25-43)31-15-11-9-10-12-16-31/h13-14,17-18,20,29-35,37-38,44-45,48H,8-12,15-16,19,21-27H2,1-7H3/b18-17+,20-13+,28-14+. The average molecular weight is 717 g/mol. The number of piperazine rings is 1. The lowest BCUT2D eigenvalue weighted by Crippen LogP contribution is -2.52. The van der Waals surface area contributed by atoms with Crippen molar-refractivity contribution >= 4 is 12.1 Å². The van der Waals surface area contributed by atoms with Gasteiger partial charge in [0, 0.05) is 55.9 Å². The topological polar surface area (TPSA) is 132 Å². The van der Waals surface area contributed by atoms with Crippen molar-refractivity contribution in [3.63, 3.8) is 0 Å². The second-order valence-electron chi connectivity index (χ2n) is 16.8. The van der Waals surface area contributed by atoms with Crippen molar-refractivity contribution in [2.75, 3.05) is 26.2 Å². The molecule has 0 aromatic rings. The molecule has 0 radical (unpaired) electrons. The minimum Gasteiger partial charge on any atom is -0.457 e. The third-order valence-electron chi connectivity index (χ3n) is 11.8. The van der Waals surface area contributed by atoms with E-state index >= 15 is 0 Å². The Morgan fingerprint density at radius 2 is 1.78 bits per heavy atom. The number of carbonyl (C=O) groups is 2. The number of esters is 1. The van der Waals surface area contributed by atoms with E-state index < -0.39 is 41.4 Å². The van der Waals surface area contributed by atoms with E-state index in [4.69, 9.17) is 14.2 Å². The quantitative estimate of drug-likeness (QED) is 0.0781. The highest BCUT2D eigenvalue weighted by atomic mass is 16.6. The fourth-order valence-electron chi connectivity index (χ4n) is 8.04. The average Bonchev–Trinajstić information content (AvgIpc) is 3.89. The summed E-state index contributed by atoms with van der Waals surface area (Å²) in [7, 11) is 0. The Kier molecular flexibility index (Phi) is 15.2. The molecule has 0 spiro atoms. The summed E-state index contributed by atoms with van der Waals surface area (Å²) in [5.41, 5.74) is -0.835. The van der Waals surface area contributed by atoms with Crippen LogP contribution in [0, 0.1) is 17.3 Å². The van der Waals surface area contributed by atoms with Crippen LogP contribution in [0.1, 0.15) is 119 Å². The first-order valence-corrected chi connectivity index (χ1v) is 19.8. The van der Waals surface area contributed by atoms with Crippen molar-refractivity contribution in [1.82, 2.24) is 9.80 Å². The van der Waals surface area contributed by atoms with Gasteiger partial charge in [0.2, 0.25) is 0 Å². The van der Waals surface area contributed by atoms with Gasteiger partial charge in [0.1, 0.15) is 12.2 Å². The molecule has 290 valence electrons. The zero-order valence-electron chi connectivity index (χ0n) is 32.5. The van der Waals surface area contributed by atoms with Crippen LogP contribution in [0.2, 0.25) is 0 Å². The number of hydrogen-bond acceptors (Lipinski definition) is 9. The molecular weight excluding hydrogens is 648 g/mol. The number of rotatable bonds is 10. The Bertz CT molecular complexity index is 1210. The van der Waals surface area contributed by atoms with Crippen molar-refractivity contribution in [3.8, 4) is 0 Å². The van der Waals surface area contributed by atoms with Crippen LogP contribution in [0.25, 0.3) is 0 Å². The molecule has 10 heteroatoms. The normalized spacial score (nSPS) is 33.6. The zero-order valence-corrected chi connectivity index (χ0v) is 32.5. The van der Waals surface area contributed by atoms with E-state index in [2.05, 4.69) is 4.90 Å². The van der Waals surface area contributed by atoms with E-state index in [1.54, 1.807) is 19.1 Å². The summed E-state index contributed by atoms with van der Waals surface area (Å²) in [6.45, 7) is 16.6. The van der Waals surface area contributed by atoms with E-state index in [0.717, 1.165) is 18.7 Å². The zero-order chi connectivity index (χ0) is 37.3. The molecule has 10 nitrogen and oxygen atoms in total. The summed E-state index contributed by atoms with van der Waals surface area (Å²) < 4.78 is 18.0. The molecule has 3 fully saturated rings. The van der Waals surface area contributed by atoms with Crippen LogP contribution in [0.3, 0.4) is 0 Å². The van der Waals surface area contributed by atoms with Gasteiger partial charge >= 0.3 is 12.1 Å². The van der Waals surface area contributed by atoms with Crippen LogP contribution in [0.15, 0.2) is 36.0 Å². The van der Waals surface area contributed by atoms with Gasteiger partial charge in [-0.15, -0.1) is 0 Å². The maximum absolute atomic E-state index is 13.6. The fourth-order valence-corrected chi connectivity index (χ4v) is 8.04. The Labute approximate surface area is 307 Å². The molecule has 0 aromatic carbocycles. The summed E-state index contributed by atoms with van der Waals surface area (Å²) in [5, 5.41) is 32.0. The van der Waals surface area contributed by atoms with Gasteiger partial charge in [-0.3, -0.25) is 9.69 Å². The number of cyclic esters (lactones) is 1. The largest absolute Gasteiger partial charge is 0.457 e. The third kappa shape index (κ3) is 12.4. The van der Waals surface area contributed by atoms with E-state index in [-0.39, 0.29) is 36.6 Å². The van der Waals surface area contributed by atoms with Crippen molar-refractivity contribution in [3.05, 3.63) is 36.0 Å². The van der Waals surface area contributed by atoms with Crippen molar-refractivity contribution in [1.29, 1.82) is 0 Å². The van der Waals surface area contributed by atoms with Gasteiger partial charge in [0.05, 0.1) is 36.4 Å². The third-order valence-corrected chi connectivity index (χ3v) is 11.8. The Hall–Kier alpha value is -2.24. The molecule has 0 aromatic heterocycles. The van der Waals surface area contributed by atoms with Crippen molar-refractivity contribution in [2.45, 2.75) is 167 Å². The van der Waals surface area contributed by atoms with Gasteiger partial charge in [-0.25, -0.2) is 4.79 Å². The summed E-state index contributed by atoms with van der Waals surface area (Å²) in [6.07, 6.45) is 15.9. The summed E-state index contributed by atoms with van der Waals surface area (Å²) >= 11 is 0. The highest BCUT2D eigenvalue weighted by Crippen LogP contribution is 2.38. The molecule has 0 bridgehead atoms. The maximum Gasteiger partial charge on any atom is 0.410 e. The van der Waals surface area contributed by atoms with Crippen LogP contribution in [0.5, 0.6) is 0 Å². The van der Waals surface area contributed by atoms with Gasteiger partial charge in [-0.2, -0.15) is 0 Å². The second-order valence-corrected chi connectivity index (χ2v) is 16.8. The minimum absolute atomic E-state index is 0.00539. The number of nitrogens with zero attached hydrogens (tertiary/aromatic N) is 2. The summed E-state index contributed by atoms with van der Waals surface area (Å²) in [4.78, 5) is 30.9. The molecular formula is C41H68N2O8. The van der Waals surface area contributed by atoms with Gasteiger partial charge in [0.25, 0.3) is 0 Å². The van der Waals surface area contributed by atoms with Crippen molar-refractivity contribution in [2.24, 2.45) is 17.3 Å². The van der Waals surface area contributed by atoms with Gasteiger partial charge in [-0.1, -0.05) is 84.6 Å². The van der Waals surface area contributed by atoms with Crippen LogP contribution in [-0.4, -0.2) is 112 Å². The number of allylic oxidation sites excluding steroid dienone is 2. The molecule has 2 saturated heterocycles. The number of aliphatic hydroxyl groups excluding tert-OH is 2. The highest BCUT2D eigenvalue weighted by molar-refractivity contribution is 5.70. The molecule has 4 aliphatic rings. The Morgan fingerprint density at radius 1 is 1.12 bits per heavy atom.